The molecule has 0 radical (unpaired) electrons. The molecule has 6 heteroatoms. The van der Waals surface area contributed by atoms with Crippen molar-refractivity contribution in [2.24, 2.45) is 0 Å². The number of thioether (sulfide) groups is 1. The van der Waals surface area contributed by atoms with Gasteiger partial charge in [-0.25, -0.2) is 0 Å². The topological polar surface area (TPSA) is 40.6 Å². The molecule has 1 aliphatic heterocycles. The summed E-state index contributed by atoms with van der Waals surface area (Å²) in [6, 6.07) is 19.9. The molecule has 0 N–H and O–H groups in total. The maximum Gasteiger partial charge on any atom is 0.266 e. The van der Waals surface area contributed by atoms with Crippen LogP contribution in [0, 0.1) is 0 Å². The van der Waals surface area contributed by atoms with Crippen molar-refractivity contribution in [1.82, 2.24) is 9.80 Å². The first-order chi connectivity index (χ1) is 15.8. The van der Waals surface area contributed by atoms with E-state index in [2.05, 4.69) is 0 Å². The molecule has 0 saturated carbocycles. The quantitative estimate of drug-likeness (QED) is 0.342. The minimum absolute atomic E-state index is 0.0816. The number of carbonyl (C=O) groups excluding carboxylic acids is 2. The van der Waals surface area contributed by atoms with E-state index in [1.54, 1.807) is 11.0 Å². The molecule has 0 aliphatic carbocycles. The molecule has 2 amide bonds. The van der Waals surface area contributed by atoms with E-state index in [9.17, 15) is 9.59 Å². The molecule has 0 atom stereocenters. The van der Waals surface area contributed by atoms with E-state index in [-0.39, 0.29) is 17.4 Å². The highest BCUT2D eigenvalue weighted by Gasteiger charge is 2.32. The summed E-state index contributed by atoms with van der Waals surface area (Å²) in [6.07, 6.45) is 6.57. The van der Waals surface area contributed by atoms with E-state index in [0.29, 0.717) is 35.2 Å². The summed E-state index contributed by atoms with van der Waals surface area (Å²) < 4.78 is 0.545. The van der Waals surface area contributed by atoms with Gasteiger partial charge in [0.2, 0.25) is 5.91 Å². The number of allylic oxidation sites excluding steroid dienone is 2. The average Bonchev–Trinajstić information content (AvgIpc) is 3.05. The van der Waals surface area contributed by atoms with Crippen LogP contribution in [0.4, 0.5) is 0 Å². The lowest BCUT2D eigenvalue weighted by Crippen LogP contribution is -2.45. The predicted octanol–water partition coefficient (Wildman–Crippen LogP) is 6.05. The maximum absolute atomic E-state index is 13.0. The van der Waals surface area contributed by atoms with Crippen LogP contribution in [0.1, 0.15) is 44.7 Å². The van der Waals surface area contributed by atoms with Gasteiger partial charge < -0.3 is 4.90 Å². The van der Waals surface area contributed by atoms with Gasteiger partial charge in [0.05, 0.1) is 4.91 Å². The molecule has 172 valence electrons. The van der Waals surface area contributed by atoms with Crippen molar-refractivity contribution in [1.29, 1.82) is 0 Å². The zero-order valence-corrected chi connectivity index (χ0v) is 21.0. The Hall–Kier alpha value is -2.70. The third-order valence-electron chi connectivity index (χ3n) is 5.28. The van der Waals surface area contributed by atoms with Gasteiger partial charge in [0, 0.05) is 25.0 Å². The van der Waals surface area contributed by atoms with Crippen LogP contribution in [0.15, 0.2) is 77.7 Å². The van der Waals surface area contributed by atoms with Crippen LogP contribution in [0.3, 0.4) is 0 Å². The van der Waals surface area contributed by atoms with Gasteiger partial charge in [-0.1, -0.05) is 96.8 Å². The highest BCUT2D eigenvalue weighted by molar-refractivity contribution is 8.26. The van der Waals surface area contributed by atoms with E-state index in [1.165, 1.54) is 11.8 Å². The normalized spacial score (nSPS) is 15.6. The Kier molecular flexibility index (Phi) is 8.64. The maximum atomic E-state index is 13.0. The van der Waals surface area contributed by atoms with Crippen molar-refractivity contribution < 1.29 is 9.59 Å². The van der Waals surface area contributed by atoms with Crippen LogP contribution in [-0.4, -0.2) is 38.0 Å². The minimum Gasteiger partial charge on any atom is -0.334 e. The van der Waals surface area contributed by atoms with E-state index in [1.807, 2.05) is 98.5 Å². The highest BCUT2D eigenvalue weighted by atomic mass is 32.2. The average molecular weight is 479 g/mol. The SMILES string of the molecule is CC(C)(C)N(Cc1ccccc1)C(=O)CCCN1C(=O)C(=CC=Cc2ccccc2)SC1=S. The zero-order chi connectivity index (χ0) is 23.8. The van der Waals surface area contributed by atoms with Crippen LogP contribution in [0.5, 0.6) is 0 Å². The van der Waals surface area contributed by atoms with Crippen LogP contribution in [-0.2, 0) is 16.1 Å². The molecule has 0 unspecified atom stereocenters. The van der Waals surface area contributed by atoms with Gasteiger partial charge in [-0.3, -0.25) is 14.5 Å². The van der Waals surface area contributed by atoms with Gasteiger partial charge in [-0.05, 0) is 44.4 Å². The van der Waals surface area contributed by atoms with Gasteiger partial charge in [-0.15, -0.1) is 0 Å². The van der Waals surface area contributed by atoms with Crippen molar-refractivity contribution in [2.45, 2.75) is 45.7 Å². The fourth-order valence-electron chi connectivity index (χ4n) is 3.51. The van der Waals surface area contributed by atoms with Crippen LogP contribution in [0.25, 0.3) is 6.08 Å². The highest BCUT2D eigenvalue weighted by Crippen LogP contribution is 2.31. The second kappa shape index (κ2) is 11.4. The largest absolute Gasteiger partial charge is 0.334 e. The number of carbonyl (C=O) groups is 2. The molecule has 1 saturated heterocycles. The number of rotatable bonds is 8. The fourth-order valence-corrected chi connectivity index (χ4v) is 4.77. The Labute approximate surface area is 206 Å². The number of thiocarbonyl (C=S) groups is 1. The monoisotopic (exact) mass is 478 g/mol. The standard InChI is InChI=1S/C27H30N2O2S2/c1-27(2,3)29(20-22-14-8-5-9-15-22)24(30)18-11-19-28-25(31)23(33-26(28)32)17-10-16-21-12-6-4-7-13-21/h4-10,12-17H,11,18-20H2,1-3H3. The van der Waals surface area contributed by atoms with Crippen LogP contribution < -0.4 is 0 Å². The molecule has 2 aromatic carbocycles. The Morgan fingerprint density at radius 1 is 1.06 bits per heavy atom. The molecular formula is C27H30N2O2S2. The van der Waals surface area contributed by atoms with Gasteiger partial charge >= 0.3 is 0 Å². The van der Waals surface area contributed by atoms with E-state index in [0.717, 1.165) is 11.1 Å². The molecule has 3 rings (SSSR count). The summed E-state index contributed by atoms with van der Waals surface area (Å²) in [7, 11) is 0. The number of amides is 2. The van der Waals surface area contributed by atoms with Crippen molar-refractivity contribution >= 4 is 46.2 Å². The summed E-state index contributed by atoms with van der Waals surface area (Å²) in [5.41, 5.74) is 1.88. The van der Waals surface area contributed by atoms with Crippen molar-refractivity contribution in [3.05, 3.63) is 88.8 Å². The molecule has 1 heterocycles. The molecule has 0 spiro atoms. The number of hydrogen-bond acceptors (Lipinski definition) is 4. The predicted molar refractivity (Wildman–Crippen MR) is 141 cm³/mol. The number of nitrogens with zero attached hydrogens (tertiary/aromatic N) is 2. The molecule has 1 aliphatic rings. The summed E-state index contributed by atoms with van der Waals surface area (Å²) >= 11 is 6.73. The second-order valence-electron chi connectivity index (χ2n) is 8.87. The summed E-state index contributed by atoms with van der Waals surface area (Å²) in [6.45, 7) is 7.15. The van der Waals surface area contributed by atoms with Crippen LogP contribution in [0.2, 0.25) is 0 Å². The summed E-state index contributed by atoms with van der Waals surface area (Å²) in [5.74, 6) is -0.00902. The first-order valence-electron chi connectivity index (χ1n) is 11.1. The zero-order valence-electron chi connectivity index (χ0n) is 19.4. The second-order valence-corrected chi connectivity index (χ2v) is 10.5. The molecular weight excluding hydrogens is 448 g/mol. The smallest absolute Gasteiger partial charge is 0.266 e. The first-order valence-corrected chi connectivity index (χ1v) is 12.3. The molecule has 0 bridgehead atoms. The van der Waals surface area contributed by atoms with Crippen LogP contribution >= 0.6 is 24.0 Å². The number of benzene rings is 2. The lowest BCUT2D eigenvalue weighted by molar-refractivity contribution is -0.137. The molecule has 0 aromatic heterocycles. The lowest BCUT2D eigenvalue weighted by Gasteiger charge is -2.36. The Bertz CT molecular complexity index is 1040. The van der Waals surface area contributed by atoms with Gasteiger partial charge in [-0.2, -0.15) is 0 Å². The van der Waals surface area contributed by atoms with Gasteiger partial charge in [0.1, 0.15) is 4.32 Å². The molecule has 33 heavy (non-hydrogen) atoms. The summed E-state index contributed by atoms with van der Waals surface area (Å²) in [4.78, 5) is 29.9. The number of hydrogen-bond donors (Lipinski definition) is 0. The third-order valence-corrected chi connectivity index (χ3v) is 6.67. The Morgan fingerprint density at radius 2 is 1.70 bits per heavy atom. The van der Waals surface area contributed by atoms with Gasteiger partial charge in [0.15, 0.2) is 0 Å². The first kappa shape index (κ1) is 24.9. The van der Waals surface area contributed by atoms with Gasteiger partial charge in [0.25, 0.3) is 5.91 Å². The molecule has 1 fully saturated rings. The molecule has 2 aromatic rings. The van der Waals surface area contributed by atoms with Crippen molar-refractivity contribution in [3.63, 3.8) is 0 Å². The lowest BCUT2D eigenvalue weighted by atomic mass is 10.0. The van der Waals surface area contributed by atoms with E-state index in [4.69, 9.17) is 12.2 Å². The van der Waals surface area contributed by atoms with Crippen molar-refractivity contribution in [2.75, 3.05) is 6.54 Å². The van der Waals surface area contributed by atoms with Crippen molar-refractivity contribution in [3.8, 4) is 0 Å². The van der Waals surface area contributed by atoms with E-state index < -0.39 is 0 Å². The Morgan fingerprint density at radius 3 is 2.33 bits per heavy atom. The summed E-state index contributed by atoms with van der Waals surface area (Å²) in [5, 5.41) is 0. The molecule has 4 nitrogen and oxygen atoms in total. The Balaban J connectivity index is 1.55. The van der Waals surface area contributed by atoms with E-state index >= 15 is 0 Å². The third kappa shape index (κ3) is 7.14. The fraction of sp³-hybridized carbons (Fsp3) is 0.296. The minimum atomic E-state index is -0.289.